The summed E-state index contributed by atoms with van der Waals surface area (Å²) < 4.78 is 5.43. The second-order valence-electron chi connectivity index (χ2n) is 4.99. The van der Waals surface area contributed by atoms with Crippen LogP contribution >= 0.6 is 0 Å². The smallest absolute Gasteiger partial charge is 0.267 e. The number of hydrogen-bond donors (Lipinski definition) is 0. The van der Waals surface area contributed by atoms with Crippen LogP contribution in [0.3, 0.4) is 0 Å². The van der Waals surface area contributed by atoms with Crippen LogP contribution in [0.15, 0.2) is 24.3 Å². The van der Waals surface area contributed by atoms with E-state index in [0.717, 1.165) is 0 Å². The van der Waals surface area contributed by atoms with E-state index in [0.29, 0.717) is 11.4 Å². The van der Waals surface area contributed by atoms with Gasteiger partial charge in [-0.05, 0) is 12.1 Å². The monoisotopic (exact) mass is 230 g/mol. The summed E-state index contributed by atoms with van der Waals surface area (Å²) in [6.45, 7) is 5.47. The fourth-order valence-corrected chi connectivity index (χ4v) is 1.72. The molecule has 0 saturated heterocycles. The number of nitrogens with zero attached hydrogens (tertiary/aromatic N) is 2. The molecule has 1 amide bonds. The van der Waals surface area contributed by atoms with Crippen molar-refractivity contribution in [3.8, 4) is 11.8 Å². The molecule has 1 unspecified atom stereocenters. The van der Waals surface area contributed by atoms with Gasteiger partial charge in [-0.2, -0.15) is 5.26 Å². The van der Waals surface area contributed by atoms with E-state index in [1.165, 1.54) is 4.90 Å². The molecule has 0 aliphatic carbocycles. The zero-order chi connectivity index (χ0) is 12.6. The van der Waals surface area contributed by atoms with Gasteiger partial charge in [-0.3, -0.25) is 9.69 Å². The molecular formula is C13H14N2O2. The molecule has 1 aromatic rings. The van der Waals surface area contributed by atoms with Gasteiger partial charge in [0.25, 0.3) is 6.23 Å². The standard InChI is InChI=1S/C13H14N2O2/c1-13(2,3)12(16)15-9-6-4-5-7-10(9)17-11(15)8-14/h4-7,11H,1-3H3. The van der Waals surface area contributed by atoms with Gasteiger partial charge in [0.05, 0.1) is 5.69 Å². The van der Waals surface area contributed by atoms with Crippen molar-refractivity contribution in [2.75, 3.05) is 4.90 Å². The van der Waals surface area contributed by atoms with Crippen molar-refractivity contribution in [1.29, 1.82) is 5.26 Å². The molecule has 0 aromatic heterocycles. The lowest BCUT2D eigenvalue weighted by Crippen LogP contribution is -2.44. The molecule has 0 N–H and O–H groups in total. The summed E-state index contributed by atoms with van der Waals surface area (Å²) in [7, 11) is 0. The fourth-order valence-electron chi connectivity index (χ4n) is 1.72. The summed E-state index contributed by atoms with van der Waals surface area (Å²) >= 11 is 0. The first-order valence-electron chi connectivity index (χ1n) is 5.44. The van der Waals surface area contributed by atoms with E-state index < -0.39 is 11.6 Å². The Balaban J connectivity index is 2.45. The van der Waals surface area contributed by atoms with Gasteiger partial charge in [-0.1, -0.05) is 32.9 Å². The van der Waals surface area contributed by atoms with Gasteiger partial charge >= 0.3 is 0 Å². The number of para-hydroxylation sites is 2. The van der Waals surface area contributed by atoms with Crippen LogP contribution in [0.5, 0.6) is 5.75 Å². The molecule has 0 fully saturated rings. The summed E-state index contributed by atoms with van der Waals surface area (Å²) in [6.07, 6.45) is -0.862. The highest BCUT2D eigenvalue weighted by molar-refractivity contribution is 6.00. The van der Waals surface area contributed by atoms with Gasteiger partial charge in [0.15, 0.2) is 0 Å². The van der Waals surface area contributed by atoms with Crippen LogP contribution in [0.2, 0.25) is 0 Å². The summed E-state index contributed by atoms with van der Waals surface area (Å²) in [6, 6.07) is 9.19. The van der Waals surface area contributed by atoms with Gasteiger partial charge in [0, 0.05) is 5.41 Å². The van der Waals surface area contributed by atoms with E-state index in [2.05, 4.69) is 0 Å². The van der Waals surface area contributed by atoms with Gasteiger partial charge in [-0.15, -0.1) is 0 Å². The molecule has 0 bridgehead atoms. The summed E-state index contributed by atoms with van der Waals surface area (Å²) in [4.78, 5) is 13.7. The number of ether oxygens (including phenoxy) is 1. The highest BCUT2D eigenvalue weighted by atomic mass is 16.5. The number of nitriles is 1. The van der Waals surface area contributed by atoms with E-state index in [1.807, 2.05) is 39.0 Å². The van der Waals surface area contributed by atoms with Crippen molar-refractivity contribution in [1.82, 2.24) is 0 Å². The van der Waals surface area contributed by atoms with Crippen molar-refractivity contribution in [2.24, 2.45) is 5.41 Å². The Morgan fingerprint density at radius 2 is 2.06 bits per heavy atom. The fraction of sp³-hybridized carbons (Fsp3) is 0.385. The molecule has 1 aliphatic rings. The summed E-state index contributed by atoms with van der Waals surface area (Å²) in [5.41, 5.74) is 0.120. The number of carbonyl (C=O) groups excluding carboxylic acids is 1. The quantitative estimate of drug-likeness (QED) is 0.687. The van der Waals surface area contributed by atoms with Gasteiger partial charge in [-0.25, -0.2) is 0 Å². The van der Waals surface area contributed by atoms with Crippen LogP contribution in [0.1, 0.15) is 20.8 Å². The van der Waals surface area contributed by atoms with Crippen LogP contribution < -0.4 is 9.64 Å². The molecule has 88 valence electrons. The highest BCUT2D eigenvalue weighted by Gasteiger charge is 2.39. The lowest BCUT2D eigenvalue weighted by Gasteiger charge is -2.26. The maximum atomic E-state index is 12.3. The SMILES string of the molecule is CC(C)(C)C(=O)N1c2ccccc2OC1C#N. The van der Waals surface area contributed by atoms with Crippen molar-refractivity contribution in [2.45, 2.75) is 27.0 Å². The molecule has 0 radical (unpaired) electrons. The normalized spacial score (nSPS) is 18.2. The lowest BCUT2D eigenvalue weighted by atomic mass is 9.94. The first kappa shape index (κ1) is 11.5. The minimum atomic E-state index is -0.862. The van der Waals surface area contributed by atoms with Crippen LogP contribution in [-0.4, -0.2) is 12.1 Å². The maximum Gasteiger partial charge on any atom is 0.267 e. The van der Waals surface area contributed by atoms with Crippen LogP contribution in [0.4, 0.5) is 5.69 Å². The third kappa shape index (κ3) is 1.84. The Morgan fingerprint density at radius 3 is 2.65 bits per heavy atom. The number of fused-ring (bicyclic) bond motifs is 1. The predicted octanol–water partition coefficient (Wildman–Crippen LogP) is 2.31. The molecule has 2 rings (SSSR count). The molecule has 1 aliphatic heterocycles. The van der Waals surface area contributed by atoms with Crippen LogP contribution in [0.25, 0.3) is 0 Å². The third-order valence-corrected chi connectivity index (χ3v) is 2.57. The van der Waals surface area contributed by atoms with E-state index in [-0.39, 0.29) is 5.91 Å². The summed E-state index contributed by atoms with van der Waals surface area (Å²) in [5.74, 6) is 0.464. The molecular weight excluding hydrogens is 216 g/mol. The maximum absolute atomic E-state index is 12.3. The van der Waals surface area contributed by atoms with E-state index in [4.69, 9.17) is 10.00 Å². The first-order valence-corrected chi connectivity index (χ1v) is 5.44. The molecule has 4 nitrogen and oxygen atoms in total. The average molecular weight is 230 g/mol. The van der Waals surface area contributed by atoms with E-state index in [9.17, 15) is 4.79 Å². The Hall–Kier alpha value is -2.02. The zero-order valence-corrected chi connectivity index (χ0v) is 10.1. The predicted molar refractivity (Wildman–Crippen MR) is 63.4 cm³/mol. The van der Waals surface area contributed by atoms with Gasteiger partial charge in [0.2, 0.25) is 5.91 Å². The molecule has 4 heteroatoms. The Morgan fingerprint density at radius 1 is 1.41 bits per heavy atom. The number of hydrogen-bond acceptors (Lipinski definition) is 3. The molecule has 0 spiro atoms. The van der Waals surface area contributed by atoms with Crippen molar-refractivity contribution >= 4 is 11.6 Å². The van der Waals surface area contributed by atoms with Crippen molar-refractivity contribution < 1.29 is 9.53 Å². The Labute approximate surface area is 100 Å². The van der Waals surface area contributed by atoms with Crippen molar-refractivity contribution in [3.63, 3.8) is 0 Å². The first-order chi connectivity index (χ1) is 7.95. The highest BCUT2D eigenvalue weighted by Crippen LogP contribution is 2.38. The topological polar surface area (TPSA) is 53.3 Å². The number of rotatable bonds is 0. The largest absolute Gasteiger partial charge is 0.454 e. The molecule has 0 saturated carbocycles. The molecule has 1 atom stereocenters. The second kappa shape index (κ2) is 3.77. The van der Waals surface area contributed by atoms with Gasteiger partial charge < -0.3 is 4.74 Å². The zero-order valence-electron chi connectivity index (χ0n) is 10.1. The Kier molecular flexibility index (Phi) is 2.55. The lowest BCUT2D eigenvalue weighted by molar-refractivity contribution is -0.126. The Bertz CT molecular complexity index is 497. The minimum Gasteiger partial charge on any atom is -0.454 e. The molecule has 17 heavy (non-hydrogen) atoms. The number of benzene rings is 1. The van der Waals surface area contributed by atoms with E-state index >= 15 is 0 Å². The second-order valence-corrected chi connectivity index (χ2v) is 4.99. The minimum absolute atomic E-state index is 0.117. The number of amides is 1. The van der Waals surface area contributed by atoms with Gasteiger partial charge in [0.1, 0.15) is 11.8 Å². The van der Waals surface area contributed by atoms with Crippen LogP contribution in [0, 0.1) is 16.7 Å². The number of carbonyl (C=O) groups is 1. The molecule has 1 heterocycles. The van der Waals surface area contributed by atoms with Crippen molar-refractivity contribution in [3.05, 3.63) is 24.3 Å². The van der Waals surface area contributed by atoms with Crippen LogP contribution in [-0.2, 0) is 4.79 Å². The third-order valence-electron chi connectivity index (χ3n) is 2.57. The summed E-state index contributed by atoms with van der Waals surface area (Å²) in [5, 5.41) is 9.05. The van der Waals surface area contributed by atoms with E-state index in [1.54, 1.807) is 12.1 Å². The number of anilines is 1. The average Bonchev–Trinajstić information content (AvgIpc) is 2.64. The molecule has 1 aromatic carbocycles.